The summed E-state index contributed by atoms with van der Waals surface area (Å²) in [6, 6.07) is 0. The van der Waals surface area contributed by atoms with Gasteiger partial charge in [-0.05, 0) is 12.8 Å². The minimum Gasteiger partial charge on any atom is -0.381 e. The quantitative estimate of drug-likeness (QED) is 0.569. The molecule has 0 unspecified atom stereocenters. The maximum Gasteiger partial charge on any atom is 0.392 e. The van der Waals surface area contributed by atoms with Gasteiger partial charge in [0.05, 0.1) is 6.42 Å². The summed E-state index contributed by atoms with van der Waals surface area (Å²) in [6.07, 6.45) is -0.779. The Morgan fingerprint density at radius 2 is 1.85 bits per heavy atom. The van der Waals surface area contributed by atoms with Crippen LogP contribution in [0.25, 0.3) is 0 Å². The van der Waals surface area contributed by atoms with Crippen LogP contribution in [-0.2, 0) is 4.74 Å². The average molecular weight is 197 g/mol. The fraction of sp³-hybridized carbons (Fsp3) is 0.889. The van der Waals surface area contributed by atoms with Gasteiger partial charge in [0.25, 0.3) is 0 Å². The number of hydrogen-bond donors (Lipinski definition) is 0. The van der Waals surface area contributed by atoms with Gasteiger partial charge < -0.3 is 4.74 Å². The molecule has 13 heavy (non-hydrogen) atoms. The lowest BCUT2D eigenvalue weighted by Crippen LogP contribution is -2.10. The Balaban J connectivity index is 3.00. The third-order valence-corrected chi connectivity index (χ3v) is 1.53. The highest BCUT2D eigenvalue weighted by Gasteiger charge is 2.26. The molecule has 0 bridgehead atoms. The first-order valence-electron chi connectivity index (χ1n) is 4.55. The SMILES string of the molecule is CCCCCOCC[CH]C(F)(F)F. The fourth-order valence-corrected chi connectivity index (χ4v) is 0.862. The predicted molar refractivity (Wildman–Crippen MR) is 45.3 cm³/mol. The van der Waals surface area contributed by atoms with E-state index in [9.17, 15) is 13.2 Å². The van der Waals surface area contributed by atoms with Gasteiger partial charge in [-0.25, -0.2) is 0 Å². The summed E-state index contributed by atoms with van der Waals surface area (Å²) in [5, 5.41) is 0. The number of halogens is 3. The van der Waals surface area contributed by atoms with Crippen LogP contribution in [0.4, 0.5) is 13.2 Å². The van der Waals surface area contributed by atoms with Crippen LogP contribution in [-0.4, -0.2) is 19.4 Å². The topological polar surface area (TPSA) is 9.23 Å². The molecule has 4 heteroatoms. The van der Waals surface area contributed by atoms with Gasteiger partial charge in [0, 0.05) is 13.2 Å². The minimum atomic E-state index is -4.16. The molecular formula is C9H16F3O. The van der Waals surface area contributed by atoms with E-state index in [0.29, 0.717) is 13.0 Å². The maximum absolute atomic E-state index is 11.6. The summed E-state index contributed by atoms with van der Waals surface area (Å²) < 4.78 is 39.7. The zero-order chi connectivity index (χ0) is 10.2. The molecule has 0 saturated heterocycles. The Hall–Kier alpha value is -0.250. The van der Waals surface area contributed by atoms with Crippen molar-refractivity contribution in [3.05, 3.63) is 6.42 Å². The molecule has 0 N–H and O–H groups in total. The van der Waals surface area contributed by atoms with E-state index in [1.54, 1.807) is 0 Å². The monoisotopic (exact) mass is 197 g/mol. The molecule has 0 aliphatic heterocycles. The maximum atomic E-state index is 11.6. The molecule has 0 aromatic rings. The lowest BCUT2D eigenvalue weighted by Gasteiger charge is -2.05. The minimum absolute atomic E-state index is 0.0460. The smallest absolute Gasteiger partial charge is 0.381 e. The first kappa shape index (κ1) is 12.8. The van der Waals surface area contributed by atoms with Crippen LogP contribution in [0.5, 0.6) is 0 Å². The molecule has 0 amide bonds. The molecule has 0 fully saturated rings. The molecule has 0 spiro atoms. The van der Waals surface area contributed by atoms with Crippen LogP contribution < -0.4 is 0 Å². The average Bonchev–Trinajstić information content (AvgIpc) is 2.01. The molecule has 1 nitrogen and oxygen atoms in total. The van der Waals surface area contributed by atoms with Crippen LogP contribution in [0.2, 0.25) is 0 Å². The largest absolute Gasteiger partial charge is 0.392 e. The van der Waals surface area contributed by atoms with Gasteiger partial charge >= 0.3 is 6.18 Å². The van der Waals surface area contributed by atoms with Crippen LogP contribution in [0.3, 0.4) is 0 Å². The number of hydrogen-bond acceptors (Lipinski definition) is 1. The molecular weight excluding hydrogens is 181 g/mol. The Morgan fingerprint density at radius 1 is 1.15 bits per heavy atom. The predicted octanol–water partition coefficient (Wildman–Crippen LogP) is 3.35. The summed E-state index contributed by atoms with van der Waals surface area (Å²) >= 11 is 0. The molecule has 0 heterocycles. The summed E-state index contributed by atoms with van der Waals surface area (Å²) in [6.45, 7) is 2.81. The van der Waals surface area contributed by atoms with Gasteiger partial charge in [-0.15, -0.1) is 0 Å². The fourth-order valence-electron chi connectivity index (χ4n) is 0.862. The Labute approximate surface area is 77.3 Å². The van der Waals surface area contributed by atoms with Crippen molar-refractivity contribution in [2.45, 2.75) is 38.8 Å². The second kappa shape index (κ2) is 7.18. The van der Waals surface area contributed by atoms with E-state index in [-0.39, 0.29) is 13.0 Å². The summed E-state index contributed by atoms with van der Waals surface area (Å²) in [7, 11) is 0. The molecule has 79 valence electrons. The molecule has 0 rings (SSSR count). The highest BCUT2D eigenvalue weighted by molar-refractivity contribution is 4.73. The highest BCUT2D eigenvalue weighted by Crippen LogP contribution is 2.19. The van der Waals surface area contributed by atoms with Gasteiger partial charge in [0.2, 0.25) is 0 Å². The van der Waals surface area contributed by atoms with E-state index in [1.165, 1.54) is 0 Å². The molecule has 0 aliphatic carbocycles. The van der Waals surface area contributed by atoms with E-state index in [4.69, 9.17) is 4.74 Å². The van der Waals surface area contributed by atoms with Gasteiger partial charge in [-0.3, -0.25) is 0 Å². The number of ether oxygens (including phenoxy) is 1. The van der Waals surface area contributed by atoms with Gasteiger partial charge in [0.15, 0.2) is 0 Å². The zero-order valence-electron chi connectivity index (χ0n) is 7.86. The second-order valence-corrected chi connectivity index (χ2v) is 2.85. The van der Waals surface area contributed by atoms with Crippen LogP contribution in [0.15, 0.2) is 0 Å². The summed E-state index contributed by atoms with van der Waals surface area (Å²) in [5.41, 5.74) is 0. The van der Waals surface area contributed by atoms with Crippen molar-refractivity contribution < 1.29 is 17.9 Å². The Morgan fingerprint density at radius 3 is 2.38 bits per heavy atom. The van der Waals surface area contributed by atoms with Crippen molar-refractivity contribution in [3.63, 3.8) is 0 Å². The zero-order valence-corrected chi connectivity index (χ0v) is 7.86. The first-order chi connectivity index (χ1) is 6.06. The van der Waals surface area contributed by atoms with Crippen molar-refractivity contribution in [1.29, 1.82) is 0 Å². The molecule has 0 aromatic carbocycles. The van der Waals surface area contributed by atoms with E-state index in [2.05, 4.69) is 6.92 Å². The van der Waals surface area contributed by atoms with Crippen LogP contribution in [0, 0.1) is 6.42 Å². The third-order valence-electron chi connectivity index (χ3n) is 1.53. The van der Waals surface area contributed by atoms with Crippen LogP contribution in [0.1, 0.15) is 32.6 Å². The lowest BCUT2D eigenvalue weighted by molar-refractivity contribution is -0.100. The van der Waals surface area contributed by atoms with Gasteiger partial charge in [-0.2, -0.15) is 13.2 Å². The number of alkyl halides is 3. The summed E-state index contributed by atoms with van der Waals surface area (Å²) in [4.78, 5) is 0. The number of unbranched alkanes of at least 4 members (excludes halogenated alkanes) is 2. The van der Waals surface area contributed by atoms with Gasteiger partial charge in [0.1, 0.15) is 0 Å². The van der Waals surface area contributed by atoms with Crippen molar-refractivity contribution in [2.75, 3.05) is 13.2 Å². The van der Waals surface area contributed by atoms with Crippen molar-refractivity contribution in [1.82, 2.24) is 0 Å². The van der Waals surface area contributed by atoms with E-state index < -0.39 is 6.18 Å². The first-order valence-corrected chi connectivity index (χ1v) is 4.55. The highest BCUT2D eigenvalue weighted by atomic mass is 19.4. The Bertz CT molecular complexity index is 112. The lowest BCUT2D eigenvalue weighted by atomic mass is 10.3. The van der Waals surface area contributed by atoms with Crippen molar-refractivity contribution in [3.8, 4) is 0 Å². The van der Waals surface area contributed by atoms with E-state index in [1.807, 2.05) is 0 Å². The molecule has 0 aromatic heterocycles. The standard InChI is InChI=1S/C9H16F3O/c1-2-3-4-7-13-8-5-6-9(10,11)12/h6H,2-5,7-8H2,1H3. The Kier molecular flexibility index (Phi) is 7.04. The van der Waals surface area contributed by atoms with E-state index in [0.717, 1.165) is 19.3 Å². The molecule has 0 aliphatic rings. The van der Waals surface area contributed by atoms with E-state index >= 15 is 0 Å². The van der Waals surface area contributed by atoms with Crippen molar-refractivity contribution >= 4 is 0 Å². The normalized spacial score (nSPS) is 12.0. The van der Waals surface area contributed by atoms with Crippen molar-refractivity contribution in [2.24, 2.45) is 0 Å². The summed E-state index contributed by atoms with van der Waals surface area (Å²) in [5.74, 6) is 0. The molecule has 0 atom stereocenters. The number of rotatable bonds is 7. The second-order valence-electron chi connectivity index (χ2n) is 2.85. The third kappa shape index (κ3) is 11.8. The molecule has 0 saturated carbocycles. The van der Waals surface area contributed by atoms with Crippen LogP contribution >= 0.6 is 0 Å². The molecule has 1 radical (unpaired) electrons. The van der Waals surface area contributed by atoms with Gasteiger partial charge in [-0.1, -0.05) is 19.8 Å².